The molecule has 1 aromatic carbocycles. The van der Waals surface area contributed by atoms with Gasteiger partial charge in [-0.15, -0.1) is 0 Å². The van der Waals surface area contributed by atoms with Crippen LogP contribution in [-0.2, 0) is 4.79 Å². The summed E-state index contributed by atoms with van der Waals surface area (Å²) < 4.78 is 5.74. The third-order valence-electron chi connectivity index (χ3n) is 4.24. The minimum atomic E-state index is -0.422. The molecule has 2 bridgehead atoms. The van der Waals surface area contributed by atoms with Crippen molar-refractivity contribution < 1.29 is 9.53 Å². The summed E-state index contributed by atoms with van der Waals surface area (Å²) in [4.78, 5) is 14.5. The van der Waals surface area contributed by atoms with E-state index in [0.717, 1.165) is 25.3 Å². The van der Waals surface area contributed by atoms with Crippen LogP contribution in [0.4, 0.5) is 0 Å². The summed E-state index contributed by atoms with van der Waals surface area (Å²) in [6, 6.07) is 10.6. The summed E-state index contributed by atoms with van der Waals surface area (Å²) >= 11 is 0. The van der Waals surface area contributed by atoms with Crippen LogP contribution in [0.2, 0.25) is 0 Å². The Morgan fingerprint density at radius 3 is 2.80 bits per heavy atom. The summed E-state index contributed by atoms with van der Waals surface area (Å²) in [6.07, 6.45) is 3.07. The second-order valence-electron chi connectivity index (χ2n) is 5.78. The number of hydrogen-bond acceptors (Lipinski definition) is 3. The van der Waals surface area contributed by atoms with Crippen LogP contribution in [0.15, 0.2) is 30.3 Å². The molecule has 108 valence electrons. The summed E-state index contributed by atoms with van der Waals surface area (Å²) in [5.74, 6) is 0.853. The van der Waals surface area contributed by atoms with Crippen molar-refractivity contribution in [2.75, 3.05) is 13.1 Å². The van der Waals surface area contributed by atoms with E-state index in [1.807, 2.05) is 42.2 Å². The van der Waals surface area contributed by atoms with Crippen molar-refractivity contribution in [3.05, 3.63) is 30.3 Å². The van der Waals surface area contributed by atoms with Crippen molar-refractivity contribution in [1.29, 1.82) is 0 Å². The Morgan fingerprint density at radius 2 is 2.00 bits per heavy atom. The van der Waals surface area contributed by atoms with Crippen molar-refractivity contribution in [1.82, 2.24) is 10.2 Å². The molecule has 0 spiro atoms. The van der Waals surface area contributed by atoms with E-state index in [2.05, 4.69) is 5.32 Å². The number of fused-ring (bicyclic) bond motifs is 2. The van der Waals surface area contributed by atoms with E-state index in [1.165, 1.54) is 12.8 Å². The molecule has 20 heavy (non-hydrogen) atoms. The van der Waals surface area contributed by atoms with Crippen LogP contribution >= 0.6 is 0 Å². The lowest BCUT2D eigenvalue weighted by atomic mass is 10.1. The number of carbonyl (C=O) groups excluding carboxylic acids is 1. The highest BCUT2D eigenvalue weighted by Gasteiger charge is 2.32. The summed E-state index contributed by atoms with van der Waals surface area (Å²) in [5.41, 5.74) is 0. The normalized spacial score (nSPS) is 26.9. The first-order valence-electron chi connectivity index (χ1n) is 7.49. The molecule has 1 amide bonds. The number of hydrogen-bond donors (Lipinski definition) is 1. The zero-order valence-corrected chi connectivity index (χ0v) is 11.9. The van der Waals surface area contributed by atoms with Crippen LogP contribution < -0.4 is 10.1 Å². The summed E-state index contributed by atoms with van der Waals surface area (Å²) in [6.45, 7) is 3.50. The van der Waals surface area contributed by atoms with Crippen LogP contribution in [0.5, 0.6) is 5.75 Å². The number of nitrogens with zero attached hydrogens (tertiary/aromatic N) is 1. The van der Waals surface area contributed by atoms with E-state index in [1.54, 1.807) is 0 Å². The van der Waals surface area contributed by atoms with Gasteiger partial charge in [0, 0.05) is 25.2 Å². The summed E-state index contributed by atoms with van der Waals surface area (Å²) in [7, 11) is 0. The first kappa shape index (κ1) is 13.4. The molecule has 2 saturated heterocycles. The maximum Gasteiger partial charge on any atom is 0.263 e. The molecule has 0 radical (unpaired) electrons. The smallest absolute Gasteiger partial charge is 0.263 e. The molecule has 3 rings (SSSR count). The number of para-hydroxylation sites is 1. The lowest BCUT2D eigenvalue weighted by molar-refractivity contribution is -0.138. The van der Waals surface area contributed by atoms with Gasteiger partial charge >= 0.3 is 0 Å². The molecule has 2 aliphatic rings. The topological polar surface area (TPSA) is 41.6 Å². The molecule has 1 aromatic rings. The molecule has 4 heteroatoms. The second-order valence-corrected chi connectivity index (χ2v) is 5.78. The Kier molecular flexibility index (Phi) is 3.92. The van der Waals surface area contributed by atoms with Gasteiger partial charge in [-0.05, 0) is 38.3 Å². The Bertz CT molecular complexity index is 463. The van der Waals surface area contributed by atoms with Crippen molar-refractivity contribution in [2.24, 2.45) is 0 Å². The number of likely N-dealkylation sites (tertiary alicyclic amines) is 1. The largest absolute Gasteiger partial charge is 0.481 e. The number of rotatable bonds is 3. The van der Waals surface area contributed by atoms with Gasteiger partial charge in [-0.1, -0.05) is 18.2 Å². The van der Waals surface area contributed by atoms with Gasteiger partial charge in [-0.25, -0.2) is 0 Å². The van der Waals surface area contributed by atoms with Crippen LogP contribution in [-0.4, -0.2) is 42.1 Å². The quantitative estimate of drug-likeness (QED) is 0.914. The summed E-state index contributed by atoms with van der Waals surface area (Å²) in [5, 5.41) is 3.59. The van der Waals surface area contributed by atoms with Gasteiger partial charge in [0.1, 0.15) is 5.75 Å². The van der Waals surface area contributed by atoms with Crippen LogP contribution in [0.25, 0.3) is 0 Å². The molecule has 2 fully saturated rings. The Hall–Kier alpha value is -1.55. The van der Waals surface area contributed by atoms with Gasteiger partial charge in [0.15, 0.2) is 6.10 Å². The van der Waals surface area contributed by atoms with Crippen LogP contribution in [0.1, 0.15) is 26.2 Å². The monoisotopic (exact) mass is 274 g/mol. The molecule has 3 unspecified atom stereocenters. The number of ether oxygens (including phenoxy) is 1. The molecule has 3 atom stereocenters. The fourth-order valence-electron chi connectivity index (χ4n) is 3.15. The van der Waals surface area contributed by atoms with Crippen molar-refractivity contribution in [3.8, 4) is 5.75 Å². The maximum atomic E-state index is 12.5. The van der Waals surface area contributed by atoms with Gasteiger partial charge in [0.25, 0.3) is 5.91 Å². The zero-order valence-electron chi connectivity index (χ0n) is 11.9. The van der Waals surface area contributed by atoms with E-state index < -0.39 is 6.10 Å². The van der Waals surface area contributed by atoms with E-state index in [-0.39, 0.29) is 5.91 Å². The third kappa shape index (κ3) is 2.96. The van der Waals surface area contributed by atoms with Crippen LogP contribution in [0, 0.1) is 0 Å². The predicted octanol–water partition coefficient (Wildman–Crippen LogP) is 1.81. The lowest BCUT2D eigenvalue weighted by Crippen LogP contribution is -2.44. The molecule has 0 aromatic heterocycles. The lowest BCUT2D eigenvalue weighted by Gasteiger charge is -2.27. The SMILES string of the molecule is CC(Oc1ccccc1)C(=O)N1CCC2CCC(C1)N2. The Morgan fingerprint density at radius 1 is 1.25 bits per heavy atom. The van der Waals surface area contributed by atoms with Crippen molar-refractivity contribution in [3.63, 3.8) is 0 Å². The van der Waals surface area contributed by atoms with Gasteiger partial charge < -0.3 is 15.0 Å². The molecule has 0 aliphatic carbocycles. The van der Waals surface area contributed by atoms with Crippen LogP contribution in [0.3, 0.4) is 0 Å². The number of amides is 1. The fourth-order valence-corrected chi connectivity index (χ4v) is 3.15. The van der Waals surface area contributed by atoms with E-state index in [9.17, 15) is 4.79 Å². The molecular weight excluding hydrogens is 252 g/mol. The van der Waals surface area contributed by atoms with E-state index in [4.69, 9.17) is 4.74 Å². The molecule has 2 aliphatic heterocycles. The molecule has 2 heterocycles. The highest BCUT2D eigenvalue weighted by Crippen LogP contribution is 2.21. The van der Waals surface area contributed by atoms with Crippen molar-refractivity contribution in [2.45, 2.75) is 44.4 Å². The Balaban J connectivity index is 1.60. The zero-order chi connectivity index (χ0) is 13.9. The average molecular weight is 274 g/mol. The fraction of sp³-hybridized carbons (Fsp3) is 0.562. The number of benzene rings is 1. The average Bonchev–Trinajstić information content (AvgIpc) is 2.79. The molecular formula is C16H22N2O2. The van der Waals surface area contributed by atoms with Crippen molar-refractivity contribution >= 4 is 5.91 Å². The third-order valence-corrected chi connectivity index (χ3v) is 4.24. The number of nitrogens with one attached hydrogen (secondary N) is 1. The van der Waals surface area contributed by atoms with Gasteiger partial charge in [0.2, 0.25) is 0 Å². The van der Waals surface area contributed by atoms with Gasteiger partial charge in [-0.2, -0.15) is 0 Å². The second kappa shape index (κ2) is 5.83. The van der Waals surface area contributed by atoms with Gasteiger partial charge in [0.05, 0.1) is 0 Å². The van der Waals surface area contributed by atoms with E-state index in [0.29, 0.717) is 12.1 Å². The number of carbonyl (C=O) groups is 1. The molecule has 4 nitrogen and oxygen atoms in total. The minimum absolute atomic E-state index is 0.100. The maximum absolute atomic E-state index is 12.5. The van der Waals surface area contributed by atoms with Gasteiger partial charge in [-0.3, -0.25) is 4.79 Å². The first-order chi connectivity index (χ1) is 9.72. The highest BCUT2D eigenvalue weighted by atomic mass is 16.5. The van der Waals surface area contributed by atoms with E-state index >= 15 is 0 Å². The highest BCUT2D eigenvalue weighted by molar-refractivity contribution is 5.81. The first-order valence-corrected chi connectivity index (χ1v) is 7.49. The standard InChI is InChI=1S/C16H22N2O2/c1-12(20-15-5-3-2-4-6-15)16(19)18-10-9-13-7-8-14(11-18)17-13/h2-6,12-14,17H,7-11H2,1H3. The molecule has 0 saturated carbocycles. The predicted molar refractivity (Wildman–Crippen MR) is 77.7 cm³/mol. The molecule has 1 N–H and O–H groups in total. The Labute approximate surface area is 120 Å². The minimum Gasteiger partial charge on any atom is -0.481 e.